The normalized spacial score (nSPS) is 18.0. The van der Waals surface area contributed by atoms with Crippen molar-refractivity contribution >= 4 is 11.9 Å². The van der Waals surface area contributed by atoms with E-state index in [1.54, 1.807) is 4.90 Å². The topological polar surface area (TPSA) is 85.1 Å². The van der Waals surface area contributed by atoms with Gasteiger partial charge in [-0.25, -0.2) is 4.79 Å². The van der Waals surface area contributed by atoms with Crippen molar-refractivity contribution in [3.63, 3.8) is 0 Å². The Bertz CT molecular complexity index is 887. The van der Waals surface area contributed by atoms with Crippen LogP contribution in [0, 0.1) is 0 Å². The van der Waals surface area contributed by atoms with Gasteiger partial charge < -0.3 is 20.1 Å². The van der Waals surface area contributed by atoms with Crippen LogP contribution in [0.1, 0.15) is 30.4 Å². The van der Waals surface area contributed by atoms with E-state index in [1.807, 2.05) is 48.5 Å². The number of amides is 3. The lowest BCUT2D eigenvalue weighted by Crippen LogP contribution is -2.34. The lowest BCUT2D eigenvalue weighted by molar-refractivity contribution is -0.129. The van der Waals surface area contributed by atoms with E-state index >= 15 is 0 Å². The second-order valence-corrected chi connectivity index (χ2v) is 7.31. The van der Waals surface area contributed by atoms with Gasteiger partial charge in [0.25, 0.3) is 5.91 Å². The standard InChI is InChI=1S/C22H25N3O4/c23-11-5-4-8-18-21(26)25(14-17-9-10-19-20(12-17)29-15-28-19)22(27)24(18)13-16-6-2-1-3-7-16/h1-3,6-7,9-10,12,18H,4-5,8,11,13-15,23H2/t18-/m0/s1. The molecule has 3 amide bonds. The summed E-state index contributed by atoms with van der Waals surface area (Å²) >= 11 is 0. The van der Waals surface area contributed by atoms with E-state index in [4.69, 9.17) is 15.2 Å². The van der Waals surface area contributed by atoms with Crippen molar-refractivity contribution in [2.75, 3.05) is 13.3 Å². The van der Waals surface area contributed by atoms with Crippen molar-refractivity contribution in [2.24, 2.45) is 5.73 Å². The molecule has 1 atom stereocenters. The molecule has 0 radical (unpaired) electrons. The molecule has 2 aliphatic rings. The van der Waals surface area contributed by atoms with E-state index in [-0.39, 0.29) is 25.3 Å². The van der Waals surface area contributed by atoms with Crippen LogP contribution in [-0.2, 0) is 17.9 Å². The third-order valence-electron chi connectivity index (χ3n) is 5.31. The van der Waals surface area contributed by atoms with Crippen LogP contribution in [0.4, 0.5) is 4.79 Å². The van der Waals surface area contributed by atoms with Crippen LogP contribution in [-0.4, -0.2) is 41.1 Å². The van der Waals surface area contributed by atoms with Gasteiger partial charge in [0.1, 0.15) is 6.04 Å². The van der Waals surface area contributed by atoms with Gasteiger partial charge in [0.2, 0.25) is 6.79 Å². The predicted molar refractivity (Wildman–Crippen MR) is 107 cm³/mol. The molecular formula is C22H25N3O4. The molecule has 152 valence electrons. The first-order chi connectivity index (χ1) is 14.2. The average molecular weight is 395 g/mol. The van der Waals surface area contributed by atoms with Crippen LogP contribution < -0.4 is 15.2 Å². The van der Waals surface area contributed by atoms with Crippen LogP contribution in [0.3, 0.4) is 0 Å². The van der Waals surface area contributed by atoms with Crippen LogP contribution in [0.15, 0.2) is 48.5 Å². The number of imide groups is 1. The lowest BCUT2D eigenvalue weighted by Gasteiger charge is -2.22. The number of hydrogen-bond acceptors (Lipinski definition) is 5. The summed E-state index contributed by atoms with van der Waals surface area (Å²) < 4.78 is 10.7. The fourth-order valence-corrected chi connectivity index (χ4v) is 3.78. The van der Waals surface area contributed by atoms with E-state index in [1.165, 1.54) is 4.90 Å². The molecule has 2 aromatic rings. The Balaban J connectivity index is 1.54. The van der Waals surface area contributed by atoms with Crippen LogP contribution in [0.2, 0.25) is 0 Å². The van der Waals surface area contributed by atoms with Gasteiger partial charge in [-0.3, -0.25) is 9.69 Å². The second-order valence-electron chi connectivity index (χ2n) is 7.31. The van der Waals surface area contributed by atoms with E-state index in [9.17, 15) is 9.59 Å². The number of carbonyl (C=O) groups excluding carboxylic acids is 2. The number of unbranched alkanes of at least 4 members (excludes halogenated alkanes) is 1. The SMILES string of the molecule is NCCCC[C@H]1C(=O)N(Cc2ccc3c(c2)OCO3)C(=O)N1Cc1ccccc1. The predicted octanol–water partition coefficient (Wildman–Crippen LogP) is 2.88. The minimum atomic E-state index is -0.455. The highest BCUT2D eigenvalue weighted by molar-refractivity contribution is 6.04. The molecule has 2 N–H and O–H groups in total. The van der Waals surface area contributed by atoms with Crippen molar-refractivity contribution in [3.05, 3.63) is 59.7 Å². The molecule has 29 heavy (non-hydrogen) atoms. The highest BCUT2D eigenvalue weighted by atomic mass is 16.7. The number of ether oxygens (including phenoxy) is 2. The van der Waals surface area contributed by atoms with Crippen molar-refractivity contribution in [3.8, 4) is 11.5 Å². The van der Waals surface area contributed by atoms with E-state index in [2.05, 4.69) is 0 Å². The molecule has 1 fully saturated rings. The Morgan fingerprint density at radius 1 is 0.931 bits per heavy atom. The van der Waals surface area contributed by atoms with Crippen molar-refractivity contribution in [1.29, 1.82) is 0 Å². The second kappa shape index (κ2) is 8.53. The first-order valence-corrected chi connectivity index (χ1v) is 9.92. The number of urea groups is 1. The smallest absolute Gasteiger partial charge is 0.328 e. The summed E-state index contributed by atoms with van der Waals surface area (Å²) in [4.78, 5) is 29.3. The average Bonchev–Trinajstić information content (AvgIpc) is 3.29. The van der Waals surface area contributed by atoms with E-state index in [0.29, 0.717) is 31.0 Å². The molecule has 0 aliphatic carbocycles. The largest absolute Gasteiger partial charge is 0.454 e. The zero-order valence-corrected chi connectivity index (χ0v) is 16.3. The summed E-state index contributed by atoms with van der Waals surface area (Å²) in [5.74, 6) is 1.17. The Labute approximate surface area is 170 Å². The first kappa shape index (κ1) is 19.3. The summed E-state index contributed by atoms with van der Waals surface area (Å²) in [5, 5.41) is 0. The Morgan fingerprint density at radius 3 is 2.52 bits per heavy atom. The van der Waals surface area contributed by atoms with E-state index in [0.717, 1.165) is 24.0 Å². The maximum absolute atomic E-state index is 13.2. The molecule has 7 nitrogen and oxygen atoms in total. The Hall–Kier alpha value is -3.06. The Morgan fingerprint density at radius 2 is 1.72 bits per heavy atom. The zero-order chi connectivity index (χ0) is 20.2. The zero-order valence-electron chi connectivity index (χ0n) is 16.3. The quantitative estimate of drug-likeness (QED) is 0.549. The maximum Gasteiger partial charge on any atom is 0.328 e. The minimum Gasteiger partial charge on any atom is -0.454 e. The van der Waals surface area contributed by atoms with Crippen LogP contribution >= 0.6 is 0 Å². The molecule has 7 heteroatoms. The van der Waals surface area contributed by atoms with Gasteiger partial charge in [0.15, 0.2) is 11.5 Å². The first-order valence-electron chi connectivity index (χ1n) is 9.92. The lowest BCUT2D eigenvalue weighted by atomic mass is 10.1. The number of hydrogen-bond donors (Lipinski definition) is 1. The third-order valence-corrected chi connectivity index (χ3v) is 5.31. The molecule has 1 saturated heterocycles. The van der Waals surface area contributed by atoms with Gasteiger partial charge in [0, 0.05) is 6.54 Å². The number of rotatable bonds is 8. The molecule has 4 rings (SSSR count). The van der Waals surface area contributed by atoms with Gasteiger partial charge in [0.05, 0.1) is 6.54 Å². The highest BCUT2D eigenvalue weighted by Crippen LogP contribution is 2.34. The minimum absolute atomic E-state index is 0.152. The number of nitrogens with zero attached hydrogens (tertiary/aromatic N) is 2. The molecule has 0 bridgehead atoms. The monoisotopic (exact) mass is 395 g/mol. The van der Waals surface area contributed by atoms with E-state index < -0.39 is 6.04 Å². The summed E-state index contributed by atoms with van der Waals surface area (Å²) in [6.07, 6.45) is 2.26. The number of carbonyl (C=O) groups is 2. The molecule has 0 saturated carbocycles. The summed E-state index contributed by atoms with van der Waals surface area (Å²) in [5.41, 5.74) is 7.44. The van der Waals surface area contributed by atoms with Crippen LogP contribution in [0.5, 0.6) is 11.5 Å². The highest BCUT2D eigenvalue weighted by Gasteiger charge is 2.44. The third kappa shape index (κ3) is 4.05. The van der Waals surface area contributed by atoms with Crippen LogP contribution in [0.25, 0.3) is 0 Å². The van der Waals surface area contributed by atoms with Gasteiger partial charge in [-0.05, 0) is 49.1 Å². The number of fused-ring (bicyclic) bond motifs is 1. The molecule has 0 unspecified atom stereocenters. The molecular weight excluding hydrogens is 370 g/mol. The molecule has 2 aliphatic heterocycles. The molecule has 2 aromatic carbocycles. The fraction of sp³-hybridized carbons (Fsp3) is 0.364. The van der Waals surface area contributed by atoms with Crippen molar-refractivity contribution in [2.45, 2.75) is 38.4 Å². The van der Waals surface area contributed by atoms with Crippen molar-refractivity contribution in [1.82, 2.24) is 9.80 Å². The fourth-order valence-electron chi connectivity index (χ4n) is 3.78. The van der Waals surface area contributed by atoms with Crippen molar-refractivity contribution < 1.29 is 19.1 Å². The number of benzene rings is 2. The number of nitrogens with two attached hydrogens (primary N) is 1. The molecule has 0 spiro atoms. The summed E-state index contributed by atoms with van der Waals surface area (Å²) in [6, 6.07) is 14.5. The summed E-state index contributed by atoms with van der Waals surface area (Å²) in [7, 11) is 0. The Kier molecular flexibility index (Phi) is 5.67. The molecule has 2 heterocycles. The van der Waals surface area contributed by atoms with Gasteiger partial charge in [-0.15, -0.1) is 0 Å². The van der Waals surface area contributed by atoms with Gasteiger partial charge in [-0.1, -0.05) is 36.4 Å². The van der Waals surface area contributed by atoms with Gasteiger partial charge >= 0.3 is 6.03 Å². The molecule has 0 aromatic heterocycles. The maximum atomic E-state index is 13.2. The van der Waals surface area contributed by atoms with Gasteiger partial charge in [-0.2, -0.15) is 0 Å². The summed E-state index contributed by atoms with van der Waals surface area (Å²) in [6.45, 7) is 1.40.